The number of hydrogen-bond donors (Lipinski definition) is 0. The smallest absolute Gasteiger partial charge is 0.163 e. The minimum absolute atomic E-state index is 0.459. The van der Waals surface area contributed by atoms with Gasteiger partial charge in [0.25, 0.3) is 0 Å². The zero-order chi connectivity index (χ0) is 18.8. The lowest BCUT2D eigenvalue weighted by Crippen LogP contribution is -2.12. The maximum absolute atomic E-state index is 2.44. The predicted octanol–water partition coefficient (Wildman–Crippen LogP) is 5.95. The van der Waals surface area contributed by atoms with Crippen LogP contribution in [0, 0.1) is 11.8 Å². The van der Waals surface area contributed by atoms with E-state index in [9.17, 15) is 0 Å². The van der Waals surface area contributed by atoms with Gasteiger partial charge in [-0.3, -0.25) is 0 Å². The first kappa shape index (κ1) is 17.2. The van der Waals surface area contributed by atoms with E-state index in [0.717, 1.165) is 0 Å². The summed E-state index contributed by atoms with van der Waals surface area (Å²) in [6.07, 6.45) is 23.3. The van der Waals surface area contributed by atoms with Crippen molar-refractivity contribution >= 4 is 22.6 Å². The molecule has 2 aromatic rings. The van der Waals surface area contributed by atoms with Crippen molar-refractivity contribution in [1.82, 2.24) is 0 Å². The topological polar surface area (TPSA) is 3.01 Å². The number of nitrogens with zero attached hydrogens (tertiary/aromatic N) is 1. The number of allylic oxidation sites excluding steroid dienone is 10. The fourth-order valence-electron chi connectivity index (χ4n) is 4.44. The fourth-order valence-corrected chi connectivity index (χ4v) is 4.44. The van der Waals surface area contributed by atoms with Crippen molar-refractivity contribution in [2.24, 2.45) is 11.8 Å². The van der Waals surface area contributed by atoms with Gasteiger partial charge in [-0.1, -0.05) is 78.9 Å². The summed E-state index contributed by atoms with van der Waals surface area (Å²) in [5, 5.41) is 2.59. The van der Waals surface area contributed by atoms with Crippen LogP contribution in [0.1, 0.15) is 18.4 Å². The Hall–Kier alpha value is -2.93. The molecule has 2 atom stereocenters. The van der Waals surface area contributed by atoms with Gasteiger partial charge in [0.2, 0.25) is 0 Å². The molecule has 5 rings (SSSR count). The zero-order valence-corrected chi connectivity index (χ0v) is 16.2. The Morgan fingerprint density at radius 2 is 1.64 bits per heavy atom. The molecule has 1 nitrogen and oxygen atoms in total. The third-order valence-corrected chi connectivity index (χ3v) is 6.06. The lowest BCUT2D eigenvalue weighted by Gasteiger charge is -2.24. The van der Waals surface area contributed by atoms with Crippen molar-refractivity contribution in [2.75, 3.05) is 13.1 Å². The van der Waals surface area contributed by atoms with Gasteiger partial charge < -0.3 is 0 Å². The number of hydrogen-bond acceptors (Lipinski definition) is 0. The molecule has 1 heterocycles. The maximum atomic E-state index is 2.44. The summed E-state index contributed by atoms with van der Waals surface area (Å²) in [6.45, 7) is 2.35. The van der Waals surface area contributed by atoms with Gasteiger partial charge in [0.05, 0.1) is 0 Å². The average molecular weight is 365 g/mol. The number of fused-ring (bicyclic) bond motifs is 2. The minimum Gasteiger partial charge on any atom is -0.236 e. The number of rotatable bonds is 3. The highest BCUT2D eigenvalue weighted by Gasteiger charge is 2.20. The van der Waals surface area contributed by atoms with E-state index in [1.807, 2.05) is 0 Å². The summed E-state index contributed by atoms with van der Waals surface area (Å²) in [4.78, 5) is 0. The molecule has 0 aromatic heterocycles. The second kappa shape index (κ2) is 7.59. The van der Waals surface area contributed by atoms with Gasteiger partial charge in [-0.25, -0.2) is 4.58 Å². The zero-order valence-electron chi connectivity index (χ0n) is 16.2. The van der Waals surface area contributed by atoms with Crippen LogP contribution in [0.25, 0.3) is 16.3 Å². The summed E-state index contributed by atoms with van der Waals surface area (Å²) in [5.41, 5.74) is 3.93. The molecule has 1 saturated heterocycles. The molecule has 0 N–H and O–H groups in total. The average Bonchev–Trinajstić information content (AvgIpc) is 3.27. The van der Waals surface area contributed by atoms with Crippen molar-refractivity contribution in [3.05, 3.63) is 102 Å². The molecular formula is C27H26N+. The van der Waals surface area contributed by atoms with Crippen LogP contribution < -0.4 is 0 Å². The molecule has 1 fully saturated rings. The summed E-state index contributed by atoms with van der Waals surface area (Å²) < 4.78 is 2.44. The van der Waals surface area contributed by atoms with Crippen LogP contribution in [-0.2, 0) is 0 Å². The van der Waals surface area contributed by atoms with E-state index in [-0.39, 0.29) is 0 Å². The first-order valence-corrected chi connectivity index (χ1v) is 10.4. The van der Waals surface area contributed by atoms with Crippen molar-refractivity contribution in [3.63, 3.8) is 0 Å². The van der Waals surface area contributed by atoms with Gasteiger partial charge >= 0.3 is 0 Å². The van der Waals surface area contributed by atoms with Crippen LogP contribution >= 0.6 is 0 Å². The Morgan fingerprint density at radius 1 is 0.857 bits per heavy atom. The standard InChI is InChI=1S/C27H26N/c1-3-9-23-19-25(13-11-21(23)7-1)27(15-18-28-16-5-6-17-28)26-14-12-22-8-2-4-10-24(22)20-26/h1-4,7-15,18-21,23H,5-6,16-17H2/q+1. The molecule has 2 aromatic carbocycles. The Balaban J connectivity index is 1.58. The third-order valence-electron chi connectivity index (χ3n) is 6.06. The SMILES string of the molecule is C1=CC2C=CC(C(=CC=[N+]3CCCC3)c3ccc4ccccc4c3)=CC2C=C1. The molecule has 0 amide bonds. The van der Waals surface area contributed by atoms with Crippen molar-refractivity contribution < 1.29 is 4.58 Å². The van der Waals surface area contributed by atoms with Crippen LogP contribution in [0.2, 0.25) is 0 Å². The van der Waals surface area contributed by atoms with E-state index in [0.29, 0.717) is 11.8 Å². The molecule has 2 unspecified atom stereocenters. The van der Waals surface area contributed by atoms with Crippen LogP contribution in [-0.4, -0.2) is 23.9 Å². The van der Waals surface area contributed by atoms with E-state index < -0.39 is 0 Å². The Labute approximate surface area is 167 Å². The van der Waals surface area contributed by atoms with Crippen LogP contribution in [0.3, 0.4) is 0 Å². The van der Waals surface area contributed by atoms with Gasteiger partial charge in [-0.2, -0.15) is 0 Å². The molecule has 28 heavy (non-hydrogen) atoms. The van der Waals surface area contributed by atoms with Crippen LogP contribution in [0.5, 0.6) is 0 Å². The van der Waals surface area contributed by atoms with Gasteiger partial charge in [0.15, 0.2) is 6.21 Å². The normalized spacial score (nSPS) is 23.8. The summed E-state index contributed by atoms with van der Waals surface area (Å²) >= 11 is 0. The second-order valence-corrected chi connectivity index (χ2v) is 7.94. The summed E-state index contributed by atoms with van der Waals surface area (Å²) in [6, 6.07) is 15.5. The summed E-state index contributed by atoms with van der Waals surface area (Å²) in [5.74, 6) is 0.954. The van der Waals surface area contributed by atoms with E-state index in [1.165, 1.54) is 53.4 Å². The lowest BCUT2D eigenvalue weighted by atomic mass is 9.80. The molecule has 0 radical (unpaired) electrons. The first-order valence-electron chi connectivity index (χ1n) is 10.4. The van der Waals surface area contributed by atoms with Crippen LogP contribution in [0.15, 0.2) is 96.6 Å². The van der Waals surface area contributed by atoms with Gasteiger partial charge in [-0.05, 0) is 33.5 Å². The molecule has 0 spiro atoms. The van der Waals surface area contributed by atoms with E-state index in [1.54, 1.807) is 0 Å². The van der Waals surface area contributed by atoms with Crippen LogP contribution in [0.4, 0.5) is 0 Å². The fraction of sp³-hybridized carbons (Fsp3) is 0.222. The predicted molar refractivity (Wildman–Crippen MR) is 120 cm³/mol. The largest absolute Gasteiger partial charge is 0.236 e. The quantitative estimate of drug-likeness (QED) is 0.592. The molecular weight excluding hydrogens is 338 g/mol. The van der Waals surface area contributed by atoms with Gasteiger partial charge in [0.1, 0.15) is 13.1 Å². The van der Waals surface area contributed by atoms with Crippen molar-refractivity contribution in [3.8, 4) is 0 Å². The monoisotopic (exact) mass is 364 g/mol. The van der Waals surface area contributed by atoms with Gasteiger partial charge in [0, 0.05) is 30.8 Å². The highest BCUT2D eigenvalue weighted by Crippen LogP contribution is 2.34. The third kappa shape index (κ3) is 3.45. The minimum atomic E-state index is 0.459. The van der Waals surface area contributed by atoms with Gasteiger partial charge in [-0.15, -0.1) is 0 Å². The number of benzene rings is 2. The summed E-state index contributed by atoms with van der Waals surface area (Å²) in [7, 11) is 0. The first-order chi connectivity index (χ1) is 13.9. The highest BCUT2D eigenvalue weighted by atomic mass is 15.0. The maximum Gasteiger partial charge on any atom is 0.163 e. The Morgan fingerprint density at radius 3 is 2.50 bits per heavy atom. The Bertz CT molecular complexity index is 1070. The highest BCUT2D eigenvalue weighted by molar-refractivity contribution is 5.95. The molecule has 138 valence electrons. The molecule has 0 saturated carbocycles. The molecule has 3 aliphatic rings. The van der Waals surface area contributed by atoms with E-state index in [2.05, 4.69) is 102 Å². The van der Waals surface area contributed by atoms with E-state index >= 15 is 0 Å². The van der Waals surface area contributed by atoms with Crippen molar-refractivity contribution in [1.29, 1.82) is 0 Å². The lowest BCUT2D eigenvalue weighted by molar-refractivity contribution is -0.500. The van der Waals surface area contributed by atoms with Crippen molar-refractivity contribution in [2.45, 2.75) is 12.8 Å². The van der Waals surface area contributed by atoms with E-state index in [4.69, 9.17) is 0 Å². The molecule has 1 heteroatoms. The molecule has 1 aliphatic heterocycles. The molecule has 2 aliphatic carbocycles. The second-order valence-electron chi connectivity index (χ2n) is 7.94. The Kier molecular flexibility index (Phi) is 4.66. The molecule has 0 bridgehead atoms.